The monoisotopic (exact) mass is 301 g/mol. The summed E-state index contributed by atoms with van der Waals surface area (Å²) in [5, 5.41) is 0.796. The maximum atomic E-state index is 13.6. The molecule has 1 fully saturated rings. The van der Waals surface area contributed by atoms with E-state index in [-0.39, 0.29) is 24.2 Å². The molecule has 1 atom stereocenters. The van der Waals surface area contributed by atoms with Crippen LogP contribution in [0.2, 0.25) is 0 Å². The number of carbonyl (C=O) groups excluding carboxylic acids is 2. The van der Waals surface area contributed by atoms with E-state index in [0.717, 1.165) is 16.5 Å². The number of likely N-dealkylation sites (N-methyl/N-ethyl adjacent to an activating group) is 1. The van der Waals surface area contributed by atoms with Gasteiger partial charge in [0.2, 0.25) is 5.91 Å². The van der Waals surface area contributed by atoms with Gasteiger partial charge < -0.3 is 14.8 Å². The molecule has 3 heterocycles. The first-order valence-corrected chi connectivity index (χ1v) is 7.29. The number of H-pyrrole nitrogens is 1. The molecule has 4 rings (SSSR count). The van der Waals surface area contributed by atoms with Crippen LogP contribution in [0, 0.1) is 5.82 Å². The molecule has 0 radical (unpaired) electrons. The summed E-state index contributed by atoms with van der Waals surface area (Å²) >= 11 is 0. The highest BCUT2D eigenvalue weighted by Gasteiger charge is 2.53. The van der Waals surface area contributed by atoms with Crippen LogP contribution in [0.25, 0.3) is 10.9 Å². The Labute approximate surface area is 126 Å². The molecule has 1 saturated heterocycles. The van der Waals surface area contributed by atoms with Crippen molar-refractivity contribution in [1.82, 2.24) is 14.8 Å². The topological polar surface area (TPSA) is 56.4 Å². The normalized spacial score (nSPS) is 24.7. The minimum atomic E-state index is -1.03. The predicted octanol–water partition coefficient (Wildman–Crippen LogP) is 1.38. The van der Waals surface area contributed by atoms with Crippen LogP contribution < -0.4 is 0 Å². The van der Waals surface area contributed by atoms with E-state index < -0.39 is 5.54 Å². The molecule has 1 aromatic carbocycles. The lowest BCUT2D eigenvalue weighted by atomic mass is 9.83. The third-order valence-corrected chi connectivity index (χ3v) is 4.92. The number of aromatic nitrogens is 1. The molecule has 5 nitrogen and oxygen atoms in total. The predicted molar refractivity (Wildman–Crippen MR) is 78.7 cm³/mol. The van der Waals surface area contributed by atoms with Crippen molar-refractivity contribution in [3.63, 3.8) is 0 Å². The van der Waals surface area contributed by atoms with Crippen LogP contribution in [0.3, 0.4) is 0 Å². The number of hydrogen-bond acceptors (Lipinski definition) is 2. The number of halogens is 1. The highest BCUT2D eigenvalue weighted by molar-refractivity contribution is 6.00. The van der Waals surface area contributed by atoms with Gasteiger partial charge in [-0.05, 0) is 37.1 Å². The van der Waals surface area contributed by atoms with Gasteiger partial charge in [-0.2, -0.15) is 0 Å². The average Bonchev–Trinajstić information content (AvgIpc) is 2.84. The van der Waals surface area contributed by atoms with Gasteiger partial charge in [0.15, 0.2) is 5.54 Å². The largest absolute Gasteiger partial charge is 0.356 e. The summed E-state index contributed by atoms with van der Waals surface area (Å²) < 4.78 is 13.6. The van der Waals surface area contributed by atoms with Crippen molar-refractivity contribution >= 4 is 22.7 Å². The number of piperazine rings is 1. The molecule has 1 N–H and O–H groups in total. The fourth-order valence-corrected chi connectivity index (χ4v) is 3.81. The second-order valence-corrected chi connectivity index (χ2v) is 6.20. The molecule has 2 amide bonds. The van der Waals surface area contributed by atoms with E-state index in [1.165, 1.54) is 17.0 Å². The molecule has 0 saturated carbocycles. The lowest BCUT2D eigenvalue weighted by molar-refractivity contribution is -0.164. The van der Waals surface area contributed by atoms with Crippen molar-refractivity contribution in [2.45, 2.75) is 18.9 Å². The molecule has 2 aliphatic heterocycles. The number of carbonyl (C=O) groups is 2. The van der Waals surface area contributed by atoms with E-state index >= 15 is 0 Å². The van der Waals surface area contributed by atoms with Gasteiger partial charge in [0, 0.05) is 24.5 Å². The molecule has 1 aromatic heterocycles. The van der Waals surface area contributed by atoms with Crippen LogP contribution in [-0.4, -0.2) is 46.7 Å². The molecular formula is C16H16FN3O2. The van der Waals surface area contributed by atoms with E-state index in [9.17, 15) is 14.0 Å². The van der Waals surface area contributed by atoms with Gasteiger partial charge in [-0.3, -0.25) is 9.59 Å². The third-order valence-electron chi connectivity index (χ3n) is 4.92. The number of nitrogens with zero attached hydrogens (tertiary/aromatic N) is 2. The van der Waals surface area contributed by atoms with Gasteiger partial charge in [-0.25, -0.2) is 4.39 Å². The Morgan fingerprint density at radius 1 is 1.32 bits per heavy atom. The Hall–Kier alpha value is -2.37. The molecule has 22 heavy (non-hydrogen) atoms. The van der Waals surface area contributed by atoms with Gasteiger partial charge >= 0.3 is 0 Å². The number of amides is 2. The minimum Gasteiger partial charge on any atom is -0.356 e. The van der Waals surface area contributed by atoms with Gasteiger partial charge in [-0.15, -0.1) is 0 Å². The highest BCUT2D eigenvalue weighted by Crippen LogP contribution is 2.41. The van der Waals surface area contributed by atoms with Crippen molar-refractivity contribution in [3.05, 3.63) is 35.3 Å². The Kier molecular flexibility index (Phi) is 2.47. The van der Waals surface area contributed by atoms with Crippen molar-refractivity contribution in [3.8, 4) is 0 Å². The number of rotatable bonds is 0. The smallest absolute Gasteiger partial charge is 0.254 e. The maximum Gasteiger partial charge on any atom is 0.254 e. The van der Waals surface area contributed by atoms with Crippen LogP contribution in [0.5, 0.6) is 0 Å². The molecule has 6 heteroatoms. The van der Waals surface area contributed by atoms with Crippen LogP contribution in [0.15, 0.2) is 18.2 Å². The zero-order valence-corrected chi connectivity index (χ0v) is 12.4. The molecule has 0 bridgehead atoms. The Morgan fingerprint density at radius 3 is 2.86 bits per heavy atom. The second-order valence-electron chi connectivity index (χ2n) is 6.20. The zero-order chi connectivity index (χ0) is 15.6. The van der Waals surface area contributed by atoms with E-state index in [1.54, 1.807) is 24.9 Å². The number of benzene rings is 1. The first-order valence-electron chi connectivity index (χ1n) is 7.29. The van der Waals surface area contributed by atoms with Crippen molar-refractivity contribution in [2.75, 3.05) is 20.1 Å². The van der Waals surface area contributed by atoms with Crippen LogP contribution >= 0.6 is 0 Å². The van der Waals surface area contributed by atoms with Crippen molar-refractivity contribution in [1.29, 1.82) is 0 Å². The SMILES string of the molecule is CN1CC(=O)N2CCc3c([nH]c4ccc(F)cc34)[C@]2(C)C1=O. The number of aromatic amines is 1. The quantitative estimate of drug-likeness (QED) is 0.799. The number of fused-ring (bicyclic) bond motifs is 5. The second kappa shape index (κ2) is 4.09. The molecular weight excluding hydrogens is 285 g/mol. The van der Waals surface area contributed by atoms with E-state index in [0.29, 0.717) is 18.7 Å². The molecule has 114 valence electrons. The zero-order valence-electron chi connectivity index (χ0n) is 12.4. The van der Waals surface area contributed by atoms with Gasteiger partial charge in [0.25, 0.3) is 5.91 Å². The third kappa shape index (κ3) is 1.47. The average molecular weight is 301 g/mol. The van der Waals surface area contributed by atoms with E-state index in [2.05, 4.69) is 4.98 Å². The Bertz CT molecular complexity index is 828. The van der Waals surface area contributed by atoms with Gasteiger partial charge in [-0.1, -0.05) is 0 Å². The summed E-state index contributed by atoms with van der Waals surface area (Å²) in [5.74, 6) is -0.467. The standard InChI is InChI=1S/C16H16FN3O2/c1-16-14-10(11-7-9(17)3-4-12(11)18-14)5-6-20(16)13(21)8-19(2)15(16)22/h3-4,7,18H,5-6,8H2,1-2H3/t16-/m1/s1. The summed E-state index contributed by atoms with van der Waals surface area (Å²) in [6.07, 6.45) is 0.622. The molecule has 0 spiro atoms. The lowest BCUT2D eigenvalue weighted by Crippen LogP contribution is -2.66. The summed E-state index contributed by atoms with van der Waals surface area (Å²) in [6, 6.07) is 4.56. The molecule has 2 aliphatic rings. The Morgan fingerprint density at radius 2 is 2.09 bits per heavy atom. The van der Waals surface area contributed by atoms with Crippen molar-refractivity contribution < 1.29 is 14.0 Å². The van der Waals surface area contributed by atoms with Gasteiger partial charge in [0.05, 0.1) is 12.2 Å². The first-order chi connectivity index (χ1) is 10.4. The first kappa shape index (κ1) is 13.3. The molecule has 0 aliphatic carbocycles. The summed E-state index contributed by atoms with van der Waals surface area (Å²) in [4.78, 5) is 31.4. The number of hydrogen-bond donors (Lipinski definition) is 1. The fourth-order valence-electron chi connectivity index (χ4n) is 3.81. The molecule has 0 unspecified atom stereocenters. The van der Waals surface area contributed by atoms with Gasteiger partial charge in [0.1, 0.15) is 5.82 Å². The number of nitrogens with one attached hydrogen (secondary N) is 1. The van der Waals surface area contributed by atoms with Crippen molar-refractivity contribution in [2.24, 2.45) is 0 Å². The summed E-state index contributed by atoms with van der Waals surface area (Å²) in [7, 11) is 1.64. The maximum absolute atomic E-state index is 13.6. The fraction of sp³-hybridized carbons (Fsp3) is 0.375. The van der Waals surface area contributed by atoms with Crippen LogP contribution in [0.4, 0.5) is 4.39 Å². The lowest BCUT2D eigenvalue weighted by Gasteiger charge is -2.48. The van der Waals surface area contributed by atoms with E-state index in [1.807, 2.05) is 0 Å². The summed E-state index contributed by atoms with van der Waals surface area (Å²) in [6.45, 7) is 2.36. The molecule has 2 aromatic rings. The Balaban J connectivity index is 2.00. The minimum absolute atomic E-state index is 0.0555. The van der Waals surface area contributed by atoms with E-state index in [4.69, 9.17) is 0 Å². The van der Waals surface area contributed by atoms with Crippen LogP contribution in [-0.2, 0) is 21.5 Å². The summed E-state index contributed by atoms with van der Waals surface area (Å²) in [5.41, 5.74) is 1.41. The highest BCUT2D eigenvalue weighted by atomic mass is 19.1. The van der Waals surface area contributed by atoms with Crippen LogP contribution in [0.1, 0.15) is 18.2 Å².